The Morgan fingerprint density at radius 3 is 2.63 bits per heavy atom. The van der Waals surface area contributed by atoms with Crippen molar-refractivity contribution in [1.29, 1.82) is 0 Å². The Hall–Kier alpha value is -3.30. The largest absolute Gasteiger partial charge is 0.355 e. The van der Waals surface area contributed by atoms with E-state index in [1.165, 1.54) is 22.2 Å². The van der Waals surface area contributed by atoms with E-state index in [1.807, 2.05) is 22.9 Å². The molecule has 2 amide bonds. The summed E-state index contributed by atoms with van der Waals surface area (Å²) in [4.78, 5) is 42.9. The Morgan fingerprint density at radius 1 is 1.13 bits per heavy atom. The summed E-state index contributed by atoms with van der Waals surface area (Å²) >= 11 is 2.98. The van der Waals surface area contributed by atoms with Gasteiger partial charge in [-0.25, -0.2) is 4.98 Å². The van der Waals surface area contributed by atoms with Crippen LogP contribution < -0.4 is 16.2 Å². The first-order valence-corrected chi connectivity index (χ1v) is 10.9. The molecule has 0 saturated carbocycles. The highest BCUT2D eigenvalue weighted by Gasteiger charge is 2.15. The van der Waals surface area contributed by atoms with E-state index in [4.69, 9.17) is 0 Å². The van der Waals surface area contributed by atoms with Crippen molar-refractivity contribution in [3.05, 3.63) is 75.0 Å². The van der Waals surface area contributed by atoms with E-state index >= 15 is 0 Å². The standard InChI is InChI=1S/C21H18N4O3S2/c1-22-19(27)14-6-4-13(5-7-14)9-23-17(26)10-25-12-24-20-18(21(25)28)15(11-30-20)16-3-2-8-29-16/h2-8,11-12H,9-10H2,1H3,(H,22,27)(H,23,26). The van der Waals surface area contributed by atoms with E-state index in [0.29, 0.717) is 22.3 Å². The zero-order chi connectivity index (χ0) is 21.1. The van der Waals surface area contributed by atoms with Gasteiger partial charge in [-0.2, -0.15) is 0 Å². The molecule has 0 saturated heterocycles. The van der Waals surface area contributed by atoms with E-state index in [2.05, 4.69) is 15.6 Å². The monoisotopic (exact) mass is 438 g/mol. The number of hydrogen-bond donors (Lipinski definition) is 2. The minimum Gasteiger partial charge on any atom is -0.355 e. The molecule has 0 aliphatic heterocycles. The molecule has 0 aliphatic carbocycles. The molecule has 0 radical (unpaired) electrons. The van der Waals surface area contributed by atoms with Gasteiger partial charge >= 0.3 is 0 Å². The molecule has 3 aromatic heterocycles. The molecule has 0 bridgehead atoms. The molecular formula is C21H18N4O3S2. The lowest BCUT2D eigenvalue weighted by molar-refractivity contribution is -0.121. The fourth-order valence-electron chi connectivity index (χ4n) is 3.02. The van der Waals surface area contributed by atoms with Gasteiger partial charge in [-0.3, -0.25) is 19.0 Å². The van der Waals surface area contributed by atoms with Crippen molar-refractivity contribution in [3.8, 4) is 10.4 Å². The Balaban J connectivity index is 1.47. The molecule has 3 heterocycles. The molecule has 0 atom stereocenters. The maximum Gasteiger partial charge on any atom is 0.263 e. The summed E-state index contributed by atoms with van der Waals surface area (Å²) < 4.78 is 1.33. The molecule has 30 heavy (non-hydrogen) atoms. The Morgan fingerprint density at radius 2 is 1.93 bits per heavy atom. The molecule has 2 N–H and O–H groups in total. The number of benzene rings is 1. The Kier molecular flexibility index (Phi) is 5.73. The molecule has 0 aliphatic rings. The van der Waals surface area contributed by atoms with Gasteiger partial charge in [0.25, 0.3) is 11.5 Å². The van der Waals surface area contributed by atoms with Crippen LogP contribution >= 0.6 is 22.7 Å². The molecule has 1 aromatic carbocycles. The zero-order valence-corrected chi connectivity index (χ0v) is 17.7. The first kappa shape index (κ1) is 20.0. The lowest BCUT2D eigenvalue weighted by Gasteiger charge is -2.08. The number of aromatic nitrogens is 2. The van der Waals surface area contributed by atoms with Crippen molar-refractivity contribution in [2.75, 3.05) is 7.05 Å². The molecule has 0 unspecified atom stereocenters. The number of thiophene rings is 2. The first-order chi connectivity index (χ1) is 14.6. The van der Waals surface area contributed by atoms with E-state index in [0.717, 1.165) is 16.0 Å². The van der Waals surface area contributed by atoms with Crippen LogP contribution in [-0.2, 0) is 17.9 Å². The number of hydrogen-bond acceptors (Lipinski definition) is 6. The maximum absolute atomic E-state index is 13.0. The van der Waals surface area contributed by atoms with Crippen LogP contribution in [0.1, 0.15) is 15.9 Å². The van der Waals surface area contributed by atoms with Gasteiger partial charge in [0.15, 0.2) is 0 Å². The number of carbonyl (C=O) groups excluding carboxylic acids is 2. The first-order valence-electron chi connectivity index (χ1n) is 9.15. The highest BCUT2D eigenvalue weighted by atomic mass is 32.1. The van der Waals surface area contributed by atoms with Crippen molar-refractivity contribution >= 4 is 44.7 Å². The Bertz CT molecular complexity index is 1260. The van der Waals surface area contributed by atoms with Gasteiger partial charge in [0, 0.05) is 35.0 Å². The predicted molar refractivity (Wildman–Crippen MR) is 119 cm³/mol. The summed E-state index contributed by atoms with van der Waals surface area (Å²) in [5.74, 6) is -0.454. The van der Waals surface area contributed by atoms with Crippen LogP contribution in [0.5, 0.6) is 0 Å². The average molecular weight is 439 g/mol. The summed E-state index contributed by atoms with van der Waals surface area (Å²) in [6.07, 6.45) is 1.41. The van der Waals surface area contributed by atoms with E-state index in [1.54, 1.807) is 42.6 Å². The second-order valence-electron chi connectivity index (χ2n) is 6.54. The van der Waals surface area contributed by atoms with Crippen LogP contribution in [0.3, 0.4) is 0 Å². The van der Waals surface area contributed by atoms with Crippen LogP contribution in [0.4, 0.5) is 0 Å². The van der Waals surface area contributed by atoms with Gasteiger partial charge < -0.3 is 10.6 Å². The van der Waals surface area contributed by atoms with Gasteiger partial charge in [0.05, 0.1) is 11.7 Å². The fraction of sp³-hybridized carbons (Fsp3) is 0.143. The van der Waals surface area contributed by atoms with Crippen LogP contribution in [0, 0.1) is 0 Å². The quantitative estimate of drug-likeness (QED) is 0.484. The van der Waals surface area contributed by atoms with Crippen molar-refractivity contribution < 1.29 is 9.59 Å². The topological polar surface area (TPSA) is 93.1 Å². The number of amides is 2. The highest BCUT2D eigenvalue weighted by molar-refractivity contribution is 7.18. The zero-order valence-electron chi connectivity index (χ0n) is 16.0. The number of nitrogens with zero attached hydrogens (tertiary/aromatic N) is 2. The molecular weight excluding hydrogens is 420 g/mol. The van der Waals surface area contributed by atoms with E-state index in [-0.39, 0.29) is 23.9 Å². The van der Waals surface area contributed by atoms with Crippen LogP contribution in [0.15, 0.2) is 58.3 Å². The molecule has 152 valence electrons. The van der Waals surface area contributed by atoms with Crippen molar-refractivity contribution in [1.82, 2.24) is 20.2 Å². The average Bonchev–Trinajstić information content (AvgIpc) is 3.44. The fourth-order valence-corrected chi connectivity index (χ4v) is 4.74. The van der Waals surface area contributed by atoms with Gasteiger partial charge in [-0.1, -0.05) is 18.2 Å². The third-order valence-corrected chi connectivity index (χ3v) is 6.38. The number of carbonyl (C=O) groups is 2. The van der Waals surface area contributed by atoms with E-state index in [9.17, 15) is 14.4 Å². The summed E-state index contributed by atoms with van der Waals surface area (Å²) in [7, 11) is 1.57. The summed E-state index contributed by atoms with van der Waals surface area (Å²) in [5.41, 5.74) is 2.04. The van der Waals surface area contributed by atoms with Crippen LogP contribution in [0.25, 0.3) is 20.7 Å². The summed E-state index contributed by atoms with van der Waals surface area (Å²) in [6, 6.07) is 10.9. The van der Waals surface area contributed by atoms with Crippen molar-refractivity contribution in [2.45, 2.75) is 13.1 Å². The minimum absolute atomic E-state index is 0.113. The van der Waals surface area contributed by atoms with E-state index < -0.39 is 0 Å². The molecule has 7 nitrogen and oxygen atoms in total. The van der Waals surface area contributed by atoms with Crippen molar-refractivity contribution in [2.24, 2.45) is 0 Å². The number of rotatable bonds is 6. The highest BCUT2D eigenvalue weighted by Crippen LogP contribution is 2.33. The second kappa shape index (κ2) is 8.60. The maximum atomic E-state index is 13.0. The third-order valence-electron chi connectivity index (χ3n) is 4.59. The molecule has 0 fully saturated rings. The number of fused-ring (bicyclic) bond motifs is 1. The van der Waals surface area contributed by atoms with Gasteiger partial charge in [-0.15, -0.1) is 22.7 Å². The third kappa shape index (κ3) is 4.03. The van der Waals surface area contributed by atoms with Crippen LogP contribution in [0.2, 0.25) is 0 Å². The second-order valence-corrected chi connectivity index (χ2v) is 8.34. The summed E-state index contributed by atoms with van der Waals surface area (Å²) in [5, 5.41) is 9.79. The van der Waals surface area contributed by atoms with Gasteiger partial charge in [-0.05, 0) is 29.1 Å². The van der Waals surface area contributed by atoms with Gasteiger partial charge in [0.2, 0.25) is 5.91 Å². The minimum atomic E-state index is -0.290. The SMILES string of the molecule is CNC(=O)c1ccc(CNC(=O)Cn2cnc3scc(-c4cccs4)c3c2=O)cc1. The molecule has 4 rings (SSSR count). The smallest absolute Gasteiger partial charge is 0.263 e. The summed E-state index contributed by atoms with van der Waals surface area (Å²) in [6.45, 7) is 0.188. The Labute approximate surface area is 180 Å². The van der Waals surface area contributed by atoms with Gasteiger partial charge in [0.1, 0.15) is 11.4 Å². The van der Waals surface area contributed by atoms with Crippen LogP contribution in [-0.4, -0.2) is 28.4 Å². The lowest BCUT2D eigenvalue weighted by atomic mass is 10.1. The normalized spacial score (nSPS) is 10.8. The molecule has 9 heteroatoms. The molecule has 0 spiro atoms. The molecule has 4 aromatic rings. The number of nitrogens with one attached hydrogen (secondary N) is 2. The lowest BCUT2D eigenvalue weighted by Crippen LogP contribution is -2.32. The predicted octanol–water partition coefficient (Wildman–Crippen LogP) is 2.86. The van der Waals surface area contributed by atoms with Crippen molar-refractivity contribution in [3.63, 3.8) is 0 Å².